The molecule has 92 valence electrons. The minimum absolute atomic E-state index is 0.119. The second-order valence-corrected chi connectivity index (χ2v) is 3.68. The van der Waals surface area contributed by atoms with Crippen molar-refractivity contribution in [2.24, 2.45) is 5.73 Å². The van der Waals surface area contributed by atoms with Crippen molar-refractivity contribution in [1.29, 1.82) is 0 Å². The van der Waals surface area contributed by atoms with Gasteiger partial charge in [0.2, 0.25) is 11.7 Å². The number of nitrogens with zero attached hydrogens (tertiary/aromatic N) is 2. The van der Waals surface area contributed by atoms with Crippen LogP contribution in [0.4, 0.5) is 5.69 Å². The number of nitrogens with one attached hydrogen (secondary N) is 2. The highest BCUT2D eigenvalue weighted by Gasteiger charge is 2.11. The number of H-pyrrole nitrogens is 1. The molecule has 18 heavy (non-hydrogen) atoms. The highest BCUT2D eigenvalue weighted by Crippen LogP contribution is 2.16. The Balaban J connectivity index is 2.20. The summed E-state index contributed by atoms with van der Waals surface area (Å²) < 4.78 is 0. The monoisotopic (exact) mass is 245 g/mol. The SMILES string of the molecule is Cc1cc(C(N)=O)ccc1NC(=O)c1ncn[nH]1. The van der Waals surface area contributed by atoms with Gasteiger partial charge in [-0.1, -0.05) is 0 Å². The van der Waals surface area contributed by atoms with E-state index in [1.54, 1.807) is 25.1 Å². The summed E-state index contributed by atoms with van der Waals surface area (Å²) in [4.78, 5) is 26.4. The van der Waals surface area contributed by atoms with Crippen molar-refractivity contribution in [3.05, 3.63) is 41.5 Å². The third-order valence-corrected chi connectivity index (χ3v) is 2.39. The van der Waals surface area contributed by atoms with Crippen LogP contribution in [0.3, 0.4) is 0 Å². The van der Waals surface area contributed by atoms with Crippen LogP contribution in [0.2, 0.25) is 0 Å². The lowest BCUT2D eigenvalue weighted by atomic mass is 10.1. The van der Waals surface area contributed by atoms with Crippen molar-refractivity contribution < 1.29 is 9.59 Å². The number of nitrogens with two attached hydrogens (primary N) is 1. The molecule has 0 aliphatic heterocycles. The third-order valence-electron chi connectivity index (χ3n) is 2.39. The van der Waals surface area contributed by atoms with Crippen LogP contribution in [0.1, 0.15) is 26.5 Å². The number of carbonyl (C=O) groups is 2. The van der Waals surface area contributed by atoms with E-state index in [0.717, 1.165) is 5.56 Å². The first-order valence-corrected chi connectivity index (χ1v) is 5.15. The van der Waals surface area contributed by atoms with Crippen molar-refractivity contribution >= 4 is 17.5 Å². The molecule has 4 N–H and O–H groups in total. The molecule has 0 spiro atoms. The van der Waals surface area contributed by atoms with Gasteiger partial charge in [0.15, 0.2) is 0 Å². The summed E-state index contributed by atoms with van der Waals surface area (Å²) in [6.07, 6.45) is 1.25. The van der Waals surface area contributed by atoms with Crippen molar-refractivity contribution in [3.8, 4) is 0 Å². The Bertz CT molecular complexity index is 591. The molecule has 0 saturated carbocycles. The van der Waals surface area contributed by atoms with Crippen LogP contribution in [0.15, 0.2) is 24.5 Å². The maximum absolute atomic E-state index is 11.7. The molecule has 0 atom stereocenters. The lowest BCUT2D eigenvalue weighted by molar-refractivity contribution is 0.0997. The predicted molar refractivity (Wildman–Crippen MR) is 64.0 cm³/mol. The fourth-order valence-corrected chi connectivity index (χ4v) is 1.45. The molecule has 2 amide bonds. The molecule has 0 saturated heterocycles. The number of hydrogen-bond donors (Lipinski definition) is 3. The van der Waals surface area contributed by atoms with Crippen molar-refractivity contribution in [2.45, 2.75) is 6.92 Å². The quantitative estimate of drug-likeness (QED) is 0.728. The van der Waals surface area contributed by atoms with E-state index in [1.165, 1.54) is 6.33 Å². The largest absolute Gasteiger partial charge is 0.366 e. The Morgan fingerprint density at radius 2 is 2.17 bits per heavy atom. The fourth-order valence-electron chi connectivity index (χ4n) is 1.45. The zero-order valence-corrected chi connectivity index (χ0v) is 9.60. The fraction of sp³-hybridized carbons (Fsp3) is 0.0909. The Morgan fingerprint density at radius 3 is 2.72 bits per heavy atom. The number of aromatic nitrogens is 3. The molecular weight excluding hydrogens is 234 g/mol. The van der Waals surface area contributed by atoms with Gasteiger partial charge >= 0.3 is 0 Å². The molecule has 1 heterocycles. The molecule has 2 aromatic rings. The molecule has 1 aromatic heterocycles. The van der Waals surface area contributed by atoms with Crippen LogP contribution >= 0.6 is 0 Å². The first-order valence-electron chi connectivity index (χ1n) is 5.15. The molecule has 0 aliphatic rings. The molecule has 7 heteroatoms. The summed E-state index contributed by atoms with van der Waals surface area (Å²) in [5.74, 6) is -0.790. The van der Waals surface area contributed by atoms with Gasteiger partial charge in [-0.25, -0.2) is 4.98 Å². The van der Waals surface area contributed by atoms with E-state index in [2.05, 4.69) is 20.5 Å². The molecule has 0 aliphatic carbocycles. The average molecular weight is 245 g/mol. The molecular formula is C11H11N5O2. The summed E-state index contributed by atoms with van der Waals surface area (Å²) in [7, 11) is 0. The number of primary amides is 1. The van der Waals surface area contributed by atoms with Gasteiger partial charge in [0.05, 0.1) is 0 Å². The Kier molecular flexibility index (Phi) is 3.05. The number of carbonyl (C=O) groups excluding carboxylic acids is 2. The van der Waals surface area contributed by atoms with Crippen LogP contribution in [0, 0.1) is 6.92 Å². The summed E-state index contributed by atoms with van der Waals surface area (Å²) in [5.41, 5.74) is 6.88. The Hall–Kier alpha value is -2.70. The van der Waals surface area contributed by atoms with Gasteiger partial charge in [-0.3, -0.25) is 14.7 Å². The van der Waals surface area contributed by atoms with Crippen molar-refractivity contribution in [3.63, 3.8) is 0 Å². The van der Waals surface area contributed by atoms with E-state index in [4.69, 9.17) is 5.73 Å². The summed E-state index contributed by atoms with van der Waals surface area (Å²) >= 11 is 0. The number of amides is 2. The molecule has 2 rings (SSSR count). The van der Waals surface area contributed by atoms with E-state index in [0.29, 0.717) is 11.3 Å². The van der Waals surface area contributed by atoms with Crippen LogP contribution in [0.25, 0.3) is 0 Å². The molecule has 0 bridgehead atoms. The number of hydrogen-bond acceptors (Lipinski definition) is 4. The zero-order valence-electron chi connectivity index (χ0n) is 9.60. The second-order valence-electron chi connectivity index (χ2n) is 3.68. The minimum atomic E-state index is -0.508. The van der Waals surface area contributed by atoms with Gasteiger partial charge in [0.1, 0.15) is 6.33 Å². The van der Waals surface area contributed by atoms with Crippen molar-refractivity contribution in [2.75, 3.05) is 5.32 Å². The van der Waals surface area contributed by atoms with Gasteiger partial charge in [0.25, 0.3) is 5.91 Å². The predicted octanol–water partition coefficient (Wildman–Crippen LogP) is 0.464. The van der Waals surface area contributed by atoms with Gasteiger partial charge in [-0.2, -0.15) is 5.10 Å². The maximum Gasteiger partial charge on any atom is 0.292 e. The average Bonchev–Trinajstić information content (AvgIpc) is 2.85. The van der Waals surface area contributed by atoms with Gasteiger partial charge in [0, 0.05) is 11.3 Å². The number of aryl methyl sites for hydroxylation is 1. The minimum Gasteiger partial charge on any atom is -0.366 e. The van der Waals surface area contributed by atoms with Crippen LogP contribution in [-0.2, 0) is 0 Å². The molecule has 7 nitrogen and oxygen atoms in total. The summed E-state index contributed by atoms with van der Waals surface area (Å²) in [6, 6.07) is 4.77. The van der Waals surface area contributed by atoms with Crippen LogP contribution in [-0.4, -0.2) is 27.0 Å². The standard InChI is InChI=1S/C11H11N5O2/c1-6-4-7(9(12)17)2-3-8(6)15-11(18)10-13-5-14-16-10/h2-5H,1H3,(H2,12,17)(H,15,18)(H,13,14,16). The Morgan fingerprint density at radius 1 is 1.39 bits per heavy atom. The Labute approximate surface area is 102 Å². The highest BCUT2D eigenvalue weighted by molar-refractivity contribution is 6.02. The first kappa shape index (κ1) is 11.8. The zero-order chi connectivity index (χ0) is 13.1. The van der Waals surface area contributed by atoms with E-state index in [-0.39, 0.29) is 5.82 Å². The third kappa shape index (κ3) is 2.34. The van der Waals surface area contributed by atoms with Crippen LogP contribution in [0.5, 0.6) is 0 Å². The topological polar surface area (TPSA) is 114 Å². The van der Waals surface area contributed by atoms with Gasteiger partial charge in [-0.05, 0) is 30.7 Å². The highest BCUT2D eigenvalue weighted by atomic mass is 16.2. The van der Waals surface area contributed by atoms with Gasteiger partial charge in [-0.15, -0.1) is 0 Å². The normalized spacial score (nSPS) is 10.1. The van der Waals surface area contributed by atoms with Crippen molar-refractivity contribution in [1.82, 2.24) is 15.2 Å². The second kappa shape index (κ2) is 4.66. The molecule has 0 unspecified atom stereocenters. The van der Waals surface area contributed by atoms with Gasteiger partial charge < -0.3 is 11.1 Å². The summed E-state index contributed by atoms with van der Waals surface area (Å²) in [5, 5.41) is 8.70. The molecule has 0 fully saturated rings. The smallest absolute Gasteiger partial charge is 0.292 e. The van der Waals surface area contributed by atoms with E-state index >= 15 is 0 Å². The summed E-state index contributed by atoms with van der Waals surface area (Å²) in [6.45, 7) is 1.77. The molecule has 0 radical (unpaired) electrons. The maximum atomic E-state index is 11.7. The number of aromatic amines is 1. The lowest BCUT2D eigenvalue weighted by Crippen LogP contribution is -2.15. The van der Waals surface area contributed by atoms with Crippen LogP contribution < -0.4 is 11.1 Å². The van der Waals surface area contributed by atoms with E-state index in [9.17, 15) is 9.59 Å². The van der Waals surface area contributed by atoms with E-state index < -0.39 is 11.8 Å². The number of benzene rings is 1. The number of anilines is 1. The lowest BCUT2D eigenvalue weighted by Gasteiger charge is -2.07. The molecule has 1 aromatic carbocycles. The first-order chi connectivity index (χ1) is 8.58. The van der Waals surface area contributed by atoms with E-state index in [1.807, 2.05) is 0 Å². The number of rotatable bonds is 3.